The van der Waals surface area contributed by atoms with E-state index in [-0.39, 0.29) is 41.6 Å². The normalized spacial score (nSPS) is 20.6. The van der Waals surface area contributed by atoms with E-state index in [0.717, 1.165) is 5.56 Å². The van der Waals surface area contributed by atoms with Crippen LogP contribution in [0.3, 0.4) is 0 Å². The van der Waals surface area contributed by atoms with E-state index in [1.807, 2.05) is 20.5 Å². The fourth-order valence-corrected chi connectivity index (χ4v) is 4.24. The number of ether oxygens (including phenoxy) is 2. The second kappa shape index (κ2) is 8.62. The van der Waals surface area contributed by atoms with Crippen LogP contribution in [0.4, 0.5) is 4.39 Å². The van der Waals surface area contributed by atoms with Crippen molar-refractivity contribution in [1.29, 1.82) is 0 Å². The highest BCUT2D eigenvalue weighted by molar-refractivity contribution is 5.96. The van der Waals surface area contributed by atoms with Crippen LogP contribution in [0.25, 0.3) is 0 Å². The summed E-state index contributed by atoms with van der Waals surface area (Å²) in [4.78, 5) is 13.1. The van der Waals surface area contributed by atoms with E-state index >= 15 is 0 Å². The Morgan fingerprint density at radius 3 is 2.63 bits per heavy atom. The number of carbonyl (C=O) groups excluding carboxylic acids is 1. The molecule has 0 radical (unpaired) electrons. The first kappa shape index (κ1) is 22.1. The van der Waals surface area contributed by atoms with E-state index in [0.29, 0.717) is 28.6 Å². The van der Waals surface area contributed by atoms with Crippen LogP contribution < -0.4 is 4.74 Å². The third-order valence-corrected chi connectivity index (χ3v) is 6.09. The first-order chi connectivity index (χ1) is 14.3. The maximum Gasteiger partial charge on any atom is 0.201 e. The molecule has 0 aliphatic carbocycles. The zero-order valence-corrected chi connectivity index (χ0v) is 17.7. The number of fused-ring (bicyclic) bond motifs is 1. The van der Waals surface area contributed by atoms with Gasteiger partial charge in [-0.1, -0.05) is 6.07 Å². The van der Waals surface area contributed by atoms with Crippen LogP contribution in [0.15, 0.2) is 24.3 Å². The number of likely N-dealkylation sites (N-methyl/N-ethyl adjacent to an activating group) is 1. The first-order valence-corrected chi connectivity index (χ1v) is 9.83. The van der Waals surface area contributed by atoms with Gasteiger partial charge in [-0.15, -0.1) is 13.5 Å². The largest absolute Gasteiger partial charge is 0.504 e. The van der Waals surface area contributed by atoms with Gasteiger partial charge in [-0.3, -0.25) is 4.79 Å². The van der Waals surface area contributed by atoms with Crippen molar-refractivity contribution in [3.63, 3.8) is 0 Å². The number of rotatable bonds is 7. The number of hydrogen-bond acceptors (Lipinski definition) is 5. The van der Waals surface area contributed by atoms with Crippen molar-refractivity contribution in [2.75, 3.05) is 27.8 Å². The zero-order valence-electron chi connectivity index (χ0n) is 17.7. The molecule has 2 aromatic carbocycles. The van der Waals surface area contributed by atoms with Crippen LogP contribution in [-0.2, 0) is 17.8 Å². The highest BCUT2D eigenvalue weighted by atomic mass is 19.1. The Labute approximate surface area is 176 Å². The maximum absolute atomic E-state index is 14.6. The number of quaternary nitrogens is 1. The summed E-state index contributed by atoms with van der Waals surface area (Å²) in [6.45, 7) is 4.86. The van der Waals surface area contributed by atoms with Gasteiger partial charge in [0.15, 0.2) is 17.3 Å². The molecule has 1 heterocycles. The van der Waals surface area contributed by atoms with E-state index in [9.17, 15) is 19.4 Å². The minimum Gasteiger partial charge on any atom is -0.504 e. The quantitative estimate of drug-likeness (QED) is 0.309. The molecule has 1 aliphatic rings. The van der Waals surface area contributed by atoms with Crippen LogP contribution in [0.1, 0.15) is 46.4 Å². The van der Waals surface area contributed by atoms with Crippen molar-refractivity contribution in [2.45, 2.75) is 32.4 Å². The third kappa shape index (κ3) is 3.87. The van der Waals surface area contributed by atoms with Gasteiger partial charge in [-0.2, -0.15) is 0 Å². The number of aromatic hydroxyl groups is 2. The van der Waals surface area contributed by atoms with E-state index in [1.54, 1.807) is 6.07 Å². The molecule has 0 saturated carbocycles. The number of nitrogens with zero attached hydrogens (tertiary/aromatic N) is 1. The minimum absolute atomic E-state index is 0.0200. The average molecular weight is 417 g/mol. The molecule has 2 unspecified atom stereocenters. The SMILES string of the molecule is C[CH-][N+]1(C)CCc2cc(O)c(O)c(OC)c2C1CC(=O)c1ccc(COC)cc1F. The maximum atomic E-state index is 14.6. The monoisotopic (exact) mass is 417 g/mol. The Hall–Kier alpha value is -2.64. The van der Waals surface area contributed by atoms with Crippen molar-refractivity contribution in [1.82, 2.24) is 0 Å². The lowest BCUT2D eigenvalue weighted by atomic mass is 9.85. The number of benzene rings is 2. The summed E-state index contributed by atoms with van der Waals surface area (Å²) in [5.74, 6) is -1.37. The van der Waals surface area contributed by atoms with Crippen LogP contribution in [0.5, 0.6) is 17.2 Å². The van der Waals surface area contributed by atoms with E-state index in [4.69, 9.17) is 9.47 Å². The zero-order chi connectivity index (χ0) is 22.1. The second-order valence-corrected chi connectivity index (χ2v) is 7.82. The molecule has 0 amide bonds. The van der Waals surface area contributed by atoms with Gasteiger partial charge >= 0.3 is 0 Å². The summed E-state index contributed by atoms with van der Waals surface area (Å²) in [6.07, 6.45) is 0.667. The van der Waals surface area contributed by atoms with E-state index in [2.05, 4.69) is 0 Å². The predicted molar refractivity (Wildman–Crippen MR) is 110 cm³/mol. The Bertz CT molecular complexity index is 961. The van der Waals surface area contributed by atoms with E-state index < -0.39 is 11.9 Å². The number of hydrogen-bond donors (Lipinski definition) is 2. The Balaban J connectivity index is 2.04. The molecule has 3 rings (SSSR count). The second-order valence-electron chi connectivity index (χ2n) is 7.82. The van der Waals surface area contributed by atoms with Crippen LogP contribution in [-0.4, -0.2) is 48.3 Å². The molecule has 0 fully saturated rings. The molecule has 162 valence electrons. The number of ketones is 1. The van der Waals surface area contributed by atoms with E-state index in [1.165, 1.54) is 32.4 Å². The van der Waals surface area contributed by atoms with Gasteiger partial charge in [0, 0.05) is 20.6 Å². The molecule has 7 heteroatoms. The van der Waals surface area contributed by atoms with Gasteiger partial charge < -0.3 is 24.2 Å². The summed E-state index contributed by atoms with van der Waals surface area (Å²) in [7, 11) is 4.93. The number of phenols is 2. The van der Waals surface area contributed by atoms with Crippen LogP contribution in [0, 0.1) is 12.4 Å². The summed E-state index contributed by atoms with van der Waals surface area (Å²) in [6, 6.07) is 5.60. The fraction of sp³-hybridized carbons (Fsp3) is 0.391. The average Bonchev–Trinajstić information content (AvgIpc) is 2.72. The number of methoxy groups -OCH3 is 2. The number of phenolic OH excluding ortho intramolecular Hbond substituents is 2. The molecule has 30 heavy (non-hydrogen) atoms. The minimum atomic E-state index is -0.583. The molecule has 2 atom stereocenters. The summed E-state index contributed by atoms with van der Waals surface area (Å²) in [5, 5.41) is 20.4. The molecular weight excluding hydrogens is 389 g/mol. The predicted octanol–water partition coefficient (Wildman–Crippen LogP) is 3.89. The fourth-order valence-electron chi connectivity index (χ4n) is 4.24. The number of carbonyl (C=O) groups is 1. The summed E-state index contributed by atoms with van der Waals surface area (Å²) >= 11 is 0. The molecule has 0 spiro atoms. The molecule has 2 aromatic rings. The smallest absolute Gasteiger partial charge is 0.201 e. The van der Waals surface area contributed by atoms with Gasteiger partial charge in [0.05, 0.1) is 37.8 Å². The van der Waals surface area contributed by atoms with Gasteiger partial charge in [0.1, 0.15) is 11.9 Å². The number of halogens is 1. The molecule has 0 aromatic heterocycles. The Kier molecular flexibility index (Phi) is 6.33. The van der Waals surface area contributed by atoms with Crippen molar-refractivity contribution < 1.29 is 33.4 Å². The van der Waals surface area contributed by atoms with Crippen molar-refractivity contribution in [2.24, 2.45) is 0 Å². The molecule has 1 aliphatic heterocycles. The van der Waals surface area contributed by atoms with Crippen LogP contribution in [0.2, 0.25) is 0 Å². The van der Waals surface area contributed by atoms with Crippen LogP contribution >= 0.6 is 0 Å². The highest BCUT2D eigenvalue weighted by Gasteiger charge is 2.39. The number of Topliss-reactive ketones (excluding diaryl/α,β-unsaturated/α-hetero) is 1. The van der Waals surface area contributed by atoms with Crippen molar-refractivity contribution in [3.8, 4) is 17.2 Å². The Morgan fingerprint density at radius 1 is 1.30 bits per heavy atom. The van der Waals surface area contributed by atoms with Crippen molar-refractivity contribution >= 4 is 5.78 Å². The lowest BCUT2D eigenvalue weighted by Gasteiger charge is -2.52. The lowest BCUT2D eigenvalue weighted by Crippen LogP contribution is -2.49. The summed E-state index contributed by atoms with van der Waals surface area (Å²) < 4.78 is 25.5. The topological polar surface area (TPSA) is 76.0 Å². The van der Waals surface area contributed by atoms with Gasteiger partial charge in [0.25, 0.3) is 0 Å². The van der Waals surface area contributed by atoms with Crippen molar-refractivity contribution in [3.05, 3.63) is 58.9 Å². The third-order valence-electron chi connectivity index (χ3n) is 6.09. The molecule has 0 bridgehead atoms. The van der Waals surface area contributed by atoms with Gasteiger partial charge in [0.2, 0.25) is 5.75 Å². The molecule has 6 nitrogen and oxygen atoms in total. The van der Waals surface area contributed by atoms with Gasteiger partial charge in [-0.25, -0.2) is 4.39 Å². The Morgan fingerprint density at radius 2 is 2.03 bits per heavy atom. The standard InChI is InChI=1S/C23H28FNO5/c1-5-25(2)9-8-15-11-20(27)22(28)23(30-4)21(15)18(25)12-19(26)16-7-6-14(13-29-3)10-17(16)24/h5-7,10-11,18,27-28H,8-9,12-13H2,1-4H3. The molecular formula is C23H28FNO5. The lowest BCUT2D eigenvalue weighted by molar-refractivity contribution is -0.912. The first-order valence-electron chi connectivity index (χ1n) is 9.83. The molecule has 2 N–H and O–H groups in total. The molecule has 0 saturated heterocycles. The highest BCUT2D eigenvalue weighted by Crippen LogP contribution is 2.50. The van der Waals surface area contributed by atoms with Gasteiger partial charge in [-0.05, 0) is 29.3 Å². The summed E-state index contributed by atoms with van der Waals surface area (Å²) in [5.41, 5.74) is 2.16.